The van der Waals surface area contributed by atoms with E-state index in [4.69, 9.17) is 9.47 Å². The Morgan fingerprint density at radius 1 is 1.41 bits per heavy atom. The van der Waals surface area contributed by atoms with Gasteiger partial charge < -0.3 is 19.9 Å². The third-order valence-electron chi connectivity index (χ3n) is 2.41. The van der Waals surface area contributed by atoms with Gasteiger partial charge in [0, 0.05) is 18.7 Å². The number of rotatable bonds is 3. The molecule has 0 bridgehead atoms. The Morgan fingerprint density at radius 2 is 2.06 bits per heavy atom. The van der Waals surface area contributed by atoms with Crippen molar-refractivity contribution < 1.29 is 19.4 Å². The van der Waals surface area contributed by atoms with Crippen LogP contribution < -0.4 is 14.8 Å². The van der Waals surface area contributed by atoms with E-state index in [-0.39, 0.29) is 24.0 Å². The van der Waals surface area contributed by atoms with Gasteiger partial charge in [-0.15, -0.1) is 0 Å². The zero-order valence-corrected chi connectivity index (χ0v) is 9.82. The Hall–Kier alpha value is -1.91. The Balaban J connectivity index is 2.18. The number of nitrogens with one attached hydrogen (secondary N) is 1. The van der Waals surface area contributed by atoms with Gasteiger partial charge in [-0.3, -0.25) is 4.79 Å². The van der Waals surface area contributed by atoms with Crippen LogP contribution in [0.3, 0.4) is 0 Å². The van der Waals surface area contributed by atoms with E-state index in [0.29, 0.717) is 24.0 Å². The first-order valence-corrected chi connectivity index (χ1v) is 5.48. The molecule has 0 radical (unpaired) electrons. The van der Waals surface area contributed by atoms with Gasteiger partial charge in [-0.05, 0) is 5.92 Å². The summed E-state index contributed by atoms with van der Waals surface area (Å²) in [5.74, 6) is 0.889. The minimum Gasteiger partial charge on any atom is -0.507 e. The van der Waals surface area contributed by atoms with Crippen LogP contribution in [-0.2, 0) is 0 Å². The molecule has 2 rings (SSSR count). The van der Waals surface area contributed by atoms with Crippen molar-refractivity contribution >= 4 is 5.91 Å². The minimum absolute atomic E-state index is 0.101. The maximum Gasteiger partial charge on any atom is 0.255 e. The van der Waals surface area contributed by atoms with Crippen LogP contribution in [0.2, 0.25) is 0 Å². The number of phenolic OH excluding ortho intramolecular Hbond substituents is 1. The molecule has 1 amide bonds. The summed E-state index contributed by atoms with van der Waals surface area (Å²) in [6.07, 6.45) is 0. The molecule has 0 unspecified atom stereocenters. The first kappa shape index (κ1) is 11.6. The molecule has 17 heavy (non-hydrogen) atoms. The number of amides is 1. The van der Waals surface area contributed by atoms with Crippen molar-refractivity contribution in [3.63, 3.8) is 0 Å². The van der Waals surface area contributed by atoms with Crippen molar-refractivity contribution in [3.8, 4) is 17.2 Å². The van der Waals surface area contributed by atoms with Crippen molar-refractivity contribution in [1.29, 1.82) is 0 Å². The number of ether oxygens (including phenoxy) is 2. The van der Waals surface area contributed by atoms with Crippen LogP contribution in [0.5, 0.6) is 17.2 Å². The Kier molecular flexibility index (Phi) is 3.08. The van der Waals surface area contributed by atoms with E-state index in [1.807, 2.05) is 13.8 Å². The molecule has 0 aromatic heterocycles. The summed E-state index contributed by atoms with van der Waals surface area (Å²) >= 11 is 0. The number of phenols is 1. The van der Waals surface area contributed by atoms with Gasteiger partial charge in [-0.1, -0.05) is 13.8 Å². The molecular formula is C12H15NO4. The predicted octanol–water partition coefficient (Wildman–Crippen LogP) is 1.51. The number of aromatic hydroxyl groups is 1. The van der Waals surface area contributed by atoms with Crippen LogP contribution in [0, 0.1) is 5.92 Å². The molecule has 92 valence electrons. The molecule has 2 N–H and O–H groups in total. The average Bonchev–Trinajstić information content (AvgIpc) is 2.71. The van der Waals surface area contributed by atoms with Gasteiger partial charge in [0.2, 0.25) is 6.79 Å². The second-order valence-corrected chi connectivity index (χ2v) is 4.33. The van der Waals surface area contributed by atoms with E-state index in [0.717, 1.165) is 0 Å². The zero-order chi connectivity index (χ0) is 12.4. The van der Waals surface area contributed by atoms with Crippen LogP contribution in [0.1, 0.15) is 24.2 Å². The lowest BCUT2D eigenvalue weighted by molar-refractivity contribution is 0.0946. The molecule has 0 saturated carbocycles. The molecule has 0 fully saturated rings. The standard InChI is InChI=1S/C12H15NO4/c1-7(2)5-13-12(15)8-3-10-11(4-9(8)14)17-6-16-10/h3-4,7,14H,5-6H2,1-2H3,(H,13,15). The summed E-state index contributed by atoms with van der Waals surface area (Å²) in [7, 11) is 0. The largest absolute Gasteiger partial charge is 0.507 e. The summed E-state index contributed by atoms with van der Waals surface area (Å²) < 4.78 is 10.3. The fourth-order valence-corrected chi connectivity index (χ4v) is 1.51. The molecule has 1 aliphatic heterocycles. The van der Waals surface area contributed by atoms with Crippen LogP contribution >= 0.6 is 0 Å². The number of hydrogen-bond donors (Lipinski definition) is 2. The molecule has 5 heteroatoms. The van der Waals surface area contributed by atoms with Crippen LogP contribution in [0.25, 0.3) is 0 Å². The second kappa shape index (κ2) is 4.53. The summed E-state index contributed by atoms with van der Waals surface area (Å²) in [6, 6.07) is 2.89. The maximum absolute atomic E-state index is 11.8. The number of fused-ring (bicyclic) bond motifs is 1. The average molecular weight is 237 g/mol. The molecule has 1 aromatic rings. The van der Waals surface area contributed by atoms with Crippen LogP contribution in [0.4, 0.5) is 0 Å². The van der Waals surface area contributed by atoms with E-state index in [1.165, 1.54) is 12.1 Å². The molecule has 1 aliphatic rings. The van der Waals surface area contributed by atoms with E-state index >= 15 is 0 Å². The molecule has 0 saturated heterocycles. The zero-order valence-electron chi connectivity index (χ0n) is 9.82. The van der Waals surface area contributed by atoms with Gasteiger partial charge in [-0.2, -0.15) is 0 Å². The van der Waals surface area contributed by atoms with E-state index < -0.39 is 0 Å². The lowest BCUT2D eigenvalue weighted by Crippen LogP contribution is -2.27. The normalized spacial score (nSPS) is 12.9. The summed E-state index contributed by atoms with van der Waals surface area (Å²) in [5.41, 5.74) is 0.204. The van der Waals surface area contributed by atoms with Crippen molar-refractivity contribution in [2.24, 2.45) is 5.92 Å². The fourth-order valence-electron chi connectivity index (χ4n) is 1.51. The van der Waals surface area contributed by atoms with Crippen molar-refractivity contribution in [2.45, 2.75) is 13.8 Å². The minimum atomic E-state index is -0.311. The number of hydrogen-bond acceptors (Lipinski definition) is 4. The molecule has 1 heterocycles. The molecule has 0 spiro atoms. The highest BCUT2D eigenvalue weighted by molar-refractivity contribution is 5.97. The first-order valence-electron chi connectivity index (χ1n) is 5.48. The SMILES string of the molecule is CC(C)CNC(=O)c1cc2c(cc1O)OCO2. The molecule has 0 atom stereocenters. The van der Waals surface area contributed by atoms with E-state index in [1.54, 1.807) is 0 Å². The predicted molar refractivity (Wildman–Crippen MR) is 61.4 cm³/mol. The Morgan fingerprint density at radius 3 is 2.71 bits per heavy atom. The second-order valence-electron chi connectivity index (χ2n) is 4.33. The van der Waals surface area contributed by atoms with Gasteiger partial charge in [0.25, 0.3) is 5.91 Å². The molecular weight excluding hydrogens is 222 g/mol. The summed E-state index contributed by atoms with van der Waals surface area (Å²) in [5, 5.41) is 12.4. The number of carbonyl (C=O) groups excluding carboxylic acids is 1. The van der Waals surface area contributed by atoms with Crippen LogP contribution in [0.15, 0.2) is 12.1 Å². The van der Waals surface area contributed by atoms with Gasteiger partial charge in [0.15, 0.2) is 11.5 Å². The van der Waals surface area contributed by atoms with Crippen molar-refractivity contribution in [3.05, 3.63) is 17.7 Å². The fraction of sp³-hybridized carbons (Fsp3) is 0.417. The molecule has 1 aromatic carbocycles. The summed E-state index contributed by atoms with van der Waals surface area (Å²) in [6.45, 7) is 4.68. The smallest absolute Gasteiger partial charge is 0.255 e. The Bertz CT molecular complexity index is 442. The van der Waals surface area contributed by atoms with Gasteiger partial charge in [0.1, 0.15) is 5.75 Å². The van der Waals surface area contributed by atoms with Gasteiger partial charge >= 0.3 is 0 Å². The third kappa shape index (κ3) is 2.43. The lowest BCUT2D eigenvalue weighted by Gasteiger charge is -2.09. The quantitative estimate of drug-likeness (QED) is 0.836. The number of benzene rings is 1. The lowest BCUT2D eigenvalue weighted by atomic mass is 10.1. The van der Waals surface area contributed by atoms with Crippen LogP contribution in [-0.4, -0.2) is 24.4 Å². The highest BCUT2D eigenvalue weighted by Crippen LogP contribution is 2.37. The highest BCUT2D eigenvalue weighted by atomic mass is 16.7. The highest BCUT2D eigenvalue weighted by Gasteiger charge is 2.20. The number of carbonyl (C=O) groups is 1. The van der Waals surface area contributed by atoms with Gasteiger partial charge in [-0.25, -0.2) is 0 Å². The Labute approximate surface area is 99.3 Å². The van der Waals surface area contributed by atoms with E-state index in [2.05, 4.69) is 5.32 Å². The first-order chi connectivity index (χ1) is 8.08. The topological polar surface area (TPSA) is 67.8 Å². The van der Waals surface area contributed by atoms with Gasteiger partial charge in [0.05, 0.1) is 5.56 Å². The summed E-state index contributed by atoms with van der Waals surface area (Å²) in [4.78, 5) is 11.8. The van der Waals surface area contributed by atoms with Crippen molar-refractivity contribution in [1.82, 2.24) is 5.32 Å². The monoisotopic (exact) mass is 237 g/mol. The third-order valence-corrected chi connectivity index (χ3v) is 2.41. The van der Waals surface area contributed by atoms with Crippen molar-refractivity contribution in [2.75, 3.05) is 13.3 Å². The van der Waals surface area contributed by atoms with E-state index in [9.17, 15) is 9.90 Å². The molecule has 0 aliphatic carbocycles. The maximum atomic E-state index is 11.8. The molecule has 5 nitrogen and oxygen atoms in total.